The van der Waals surface area contributed by atoms with Crippen molar-refractivity contribution in [3.05, 3.63) is 29.8 Å². The van der Waals surface area contributed by atoms with E-state index in [9.17, 15) is 4.79 Å². The van der Waals surface area contributed by atoms with Crippen LogP contribution in [0.4, 0.5) is 0 Å². The number of ketones is 1. The lowest BCUT2D eigenvalue weighted by molar-refractivity contribution is 0.0995. The second-order valence-corrected chi connectivity index (χ2v) is 5.80. The third-order valence-electron chi connectivity index (χ3n) is 1.73. The van der Waals surface area contributed by atoms with Gasteiger partial charge < -0.3 is 4.74 Å². The first kappa shape index (κ1) is 13.6. The Hall–Kier alpha value is -0.440. The first-order chi connectivity index (χ1) is 7.30. The van der Waals surface area contributed by atoms with Gasteiger partial charge in [0, 0.05) is 5.56 Å². The molecule has 0 saturated carbocycles. The molecule has 0 spiro atoms. The maximum Gasteiger partial charge on any atom is 0.253 e. The number of hydrogen-bond acceptors (Lipinski definition) is 2. The second kappa shape index (κ2) is 5.26. The molecule has 0 heterocycles. The van der Waals surface area contributed by atoms with Crippen LogP contribution in [-0.4, -0.2) is 15.7 Å². The Morgan fingerprint density at radius 1 is 1.31 bits per heavy atom. The predicted octanol–water partition coefficient (Wildman–Crippen LogP) is 4.03. The van der Waals surface area contributed by atoms with Crippen molar-refractivity contribution in [2.24, 2.45) is 0 Å². The average molecular weight is 282 g/mol. The highest BCUT2D eigenvalue weighted by Crippen LogP contribution is 2.31. The SMILES string of the molecule is CC(C)Oc1cccc(C(=O)C(Cl)(Cl)Cl)c1. The molecule has 0 aliphatic rings. The average Bonchev–Trinajstić information content (AvgIpc) is 2.14. The smallest absolute Gasteiger partial charge is 0.253 e. The van der Waals surface area contributed by atoms with Crippen molar-refractivity contribution in [3.63, 3.8) is 0 Å². The van der Waals surface area contributed by atoms with E-state index in [1.165, 1.54) is 0 Å². The maximum absolute atomic E-state index is 11.7. The van der Waals surface area contributed by atoms with E-state index in [0.29, 0.717) is 11.3 Å². The van der Waals surface area contributed by atoms with Crippen LogP contribution in [0.5, 0.6) is 5.75 Å². The van der Waals surface area contributed by atoms with E-state index in [4.69, 9.17) is 39.5 Å². The van der Waals surface area contributed by atoms with Gasteiger partial charge >= 0.3 is 0 Å². The van der Waals surface area contributed by atoms with Crippen LogP contribution in [0.1, 0.15) is 24.2 Å². The number of rotatable bonds is 3. The van der Waals surface area contributed by atoms with Gasteiger partial charge in [-0.25, -0.2) is 0 Å². The molecule has 1 rings (SSSR count). The summed E-state index contributed by atoms with van der Waals surface area (Å²) >= 11 is 16.6. The Morgan fingerprint density at radius 2 is 1.94 bits per heavy atom. The summed E-state index contributed by atoms with van der Waals surface area (Å²) in [4.78, 5) is 11.7. The molecule has 0 bridgehead atoms. The molecule has 0 aliphatic heterocycles. The van der Waals surface area contributed by atoms with Crippen LogP contribution >= 0.6 is 34.8 Å². The molecule has 0 saturated heterocycles. The number of benzene rings is 1. The van der Waals surface area contributed by atoms with E-state index in [2.05, 4.69) is 0 Å². The summed E-state index contributed by atoms with van der Waals surface area (Å²) in [5.41, 5.74) is 0.318. The van der Waals surface area contributed by atoms with E-state index >= 15 is 0 Å². The number of carbonyl (C=O) groups is 1. The van der Waals surface area contributed by atoms with Crippen molar-refractivity contribution in [1.82, 2.24) is 0 Å². The molecule has 0 amide bonds. The van der Waals surface area contributed by atoms with E-state index in [1.807, 2.05) is 13.8 Å². The topological polar surface area (TPSA) is 26.3 Å². The number of Topliss-reactive ketones (excluding diaryl/α,β-unsaturated/α-hetero) is 1. The van der Waals surface area contributed by atoms with Gasteiger partial charge in [-0.05, 0) is 26.0 Å². The highest BCUT2D eigenvalue weighted by atomic mass is 35.6. The zero-order chi connectivity index (χ0) is 12.3. The number of ether oxygens (including phenoxy) is 1. The van der Waals surface area contributed by atoms with Crippen LogP contribution in [0.25, 0.3) is 0 Å². The molecule has 0 aromatic heterocycles. The molecule has 88 valence electrons. The Morgan fingerprint density at radius 3 is 2.44 bits per heavy atom. The molecule has 0 unspecified atom stereocenters. The summed E-state index contributed by atoms with van der Waals surface area (Å²) in [6.45, 7) is 3.78. The molecule has 1 aromatic rings. The van der Waals surface area contributed by atoms with Gasteiger partial charge in [-0.1, -0.05) is 46.9 Å². The summed E-state index contributed by atoms with van der Waals surface area (Å²) < 4.78 is 3.50. The first-order valence-corrected chi connectivity index (χ1v) is 5.82. The zero-order valence-corrected chi connectivity index (χ0v) is 11.1. The standard InChI is InChI=1S/C11H11Cl3O2/c1-7(2)16-9-5-3-4-8(6-9)10(15)11(12,13)14/h3-7H,1-2H3. The Balaban J connectivity index is 2.95. The summed E-state index contributed by atoms with van der Waals surface area (Å²) in [5.74, 6) is 0.0156. The van der Waals surface area contributed by atoms with Crippen LogP contribution < -0.4 is 4.74 Å². The van der Waals surface area contributed by atoms with Crippen molar-refractivity contribution in [2.75, 3.05) is 0 Å². The highest BCUT2D eigenvalue weighted by molar-refractivity contribution is 6.77. The largest absolute Gasteiger partial charge is 0.491 e. The van der Waals surface area contributed by atoms with Gasteiger partial charge in [-0.15, -0.1) is 0 Å². The molecular formula is C11H11Cl3O2. The summed E-state index contributed by atoms with van der Waals surface area (Å²) in [7, 11) is 0. The second-order valence-electron chi connectivity index (χ2n) is 3.52. The Labute approximate surface area is 109 Å². The number of halogens is 3. The molecule has 1 aromatic carbocycles. The normalized spacial score (nSPS) is 11.6. The fourth-order valence-corrected chi connectivity index (χ4v) is 1.47. The van der Waals surface area contributed by atoms with Crippen molar-refractivity contribution in [2.45, 2.75) is 23.7 Å². The van der Waals surface area contributed by atoms with Crippen molar-refractivity contribution in [3.8, 4) is 5.75 Å². The van der Waals surface area contributed by atoms with E-state index in [1.54, 1.807) is 24.3 Å². The van der Waals surface area contributed by atoms with Gasteiger partial charge in [0.15, 0.2) is 0 Å². The van der Waals surface area contributed by atoms with Crippen molar-refractivity contribution < 1.29 is 9.53 Å². The molecule has 0 N–H and O–H groups in total. The molecule has 0 atom stereocenters. The molecule has 5 heteroatoms. The Bertz CT molecular complexity index is 383. The van der Waals surface area contributed by atoms with Crippen LogP contribution in [0.2, 0.25) is 0 Å². The van der Waals surface area contributed by atoms with Gasteiger partial charge in [0.25, 0.3) is 3.79 Å². The monoisotopic (exact) mass is 280 g/mol. The third-order valence-corrected chi connectivity index (χ3v) is 2.24. The maximum atomic E-state index is 11.7. The van der Waals surface area contributed by atoms with E-state index < -0.39 is 9.58 Å². The number of hydrogen-bond donors (Lipinski definition) is 0. The molecule has 16 heavy (non-hydrogen) atoms. The zero-order valence-electron chi connectivity index (χ0n) is 8.84. The molecule has 0 fully saturated rings. The third kappa shape index (κ3) is 3.85. The van der Waals surface area contributed by atoms with Gasteiger partial charge in [-0.2, -0.15) is 0 Å². The van der Waals surface area contributed by atoms with Crippen molar-refractivity contribution >= 4 is 40.6 Å². The van der Waals surface area contributed by atoms with Crippen molar-refractivity contribution in [1.29, 1.82) is 0 Å². The molecule has 0 aliphatic carbocycles. The fraction of sp³-hybridized carbons (Fsp3) is 0.364. The van der Waals surface area contributed by atoms with Gasteiger partial charge in [0.05, 0.1) is 6.10 Å². The quantitative estimate of drug-likeness (QED) is 0.618. The molecular weight excluding hydrogens is 270 g/mol. The van der Waals surface area contributed by atoms with Crippen LogP contribution in [0.3, 0.4) is 0 Å². The lowest BCUT2D eigenvalue weighted by Crippen LogP contribution is -2.19. The van der Waals surface area contributed by atoms with Crippen LogP contribution in [0.15, 0.2) is 24.3 Å². The van der Waals surface area contributed by atoms with Crippen LogP contribution in [-0.2, 0) is 0 Å². The summed E-state index contributed by atoms with van der Waals surface area (Å²) in [6, 6.07) is 6.57. The Kier molecular flexibility index (Phi) is 4.48. The van der Waals surface area contributed by atoms with E-state index in [-0.39, 0.29) is 6.10 Å². The van der Waals surface area contributed by atoms with Crippen LogP contribution in [0, 0.1) is 0 Å². The predicted molar refractivity (Wildman–Crippen MR) is 66.8 cm³/mol. The van der Waals surface area contributed by atoms with E-state index in [0.717, 1.165) is 0 Å². The molecule has 0 radical (unpaired) electrons. The number of carbonyl (C=O) groups excluding carboxylic acids is 1. The molecule has 2 nitrogen and oxygen atoms in total. The number of alkyl halides is 3. The lowest BCUT2D eigenvalue weighted by Gasteiger charge is -2.12. The fourth-order valence-electron chi connectivity index (χ4n) is 1.15. The minimum Gasteiger partial charge on any atom is -0.491 e. The lowest BCUT2D eigenvalue weighted by atomic mass is 10.1. The van der Waals surface area contributed by atoms with Gasteiger partial charge in [-0.3, -0.25) is 4.79 Å². The van der Waals surface area contributed by atoms with Gasteiger partial charge in [0.2, 0.25) is 5.78 Å². The first-order valence-electron chi connectivity index (χ1n) is 4.69. The minimum absolute atomic E-state index is 0.0260. The summed E-state index contributed by atoms with van der Waals surface area (Å²) in [6.07, 6.45) is 0.0260. The summed E-state index contributed by atoms with van der Waals surface area (Å²) in [5, 5.41) is 0. The van der Waals surface area contributed by atoms with Gasteiger partial charge in [0.1, 0.15) is 5.75 Å². The highest BCUT2D eigenvalue weighted by Gasteiger charge is 2.31. The minimum atomic E-state index is -1.93.